The number of rotatable bonds is 7. The molecule has 1 saturated carbocycles. The van der Waals surface area contributed by atoms with Crippen molar-refractivity contribution in [2.45, 2.75) is 26.3 Å². The van der Waals surface area contributed by atoms with Crippen molar-refractivity contribution in [1.29, 1.82) is 0 Å². The minimum Gasteiger partial charge on any atom is -0.497 e. The summed E-state index contributed by atoms with van der Waals surface area (Å²) in [6.45, 7) is 6.13. The van der Waals surface area contributed by atoms with Crippen molar-refractivity contribution in [3.05, 3.63) is 29.8 Å². The van der Waals surface area contributed by atoms with E-state index in [0.29, 0.717) is 30.6 Å². The van der Waals surface area contributed by atoms with Crippen molar-refractivity contribution >= 4 is 11.9 Å². The van der Waals surface area contributed by atoms with Crippen LogP contribution in [0.2, 0.25) is 0 Å². The Labute approximate surface area is 137 Å². The van der Waals surface area contributed by atoms with Gasteiger partial charge in [0.1, 0.15) is 5.75 Å². The lowest BCUT2D eigenvalue weighted by molar-refractivity contribution is 0.0955. The zero-order valence-corrected chi connectivity index (χ0v) is 14.1. The number of benzene rings is 1. The number of aliphatic imine (C=N–C) groups is 1. The molecule has 1 aliphatic carbocycles. The SMILES string of the molecule is CCNC(=NCCNC(=O)c1ccc(OC)cc1)NC1CC1C. The monoisotopic (exact) mass is 318 g/mol. The van der Waals surface area contributed by atoms with Gasteiger partial charge in [-0.25, -0.2) is 0 Å². The van der Waals surface area contributed by atoms with E-state index in [-0.39, 0.29) is 5.91 Å². The fourth-order valence-electron chi connectivity index (χ4n) is 2.20. The average Bonchev–Trinajstić information content (AvgIpc) is 3.26. The van der Waals surface area contributed by atoms with E-state index in [0.717, 1.165) is 18.3 Å². The highest BCUT2D eigenvalue weighted by Gasteiger charge is 2.33. The van der Waals surface area contributed by atoms with Gasteiger partial charge >= 0.3 is 0 Å². The number of nitrogens with one attached hydrogen (secondary N) is 3. The van der Waals surface area contributed by atoms with Gasteiger partial charge in [-0.1, -0.05) is 6.92 Å². The summed E-state index contributed by atoms with van der Waals surface area (Å²) in [6.07, 6.45) is 1.19. The molecule has 0 aliphatic heterocycles. The Morgan fingerprint density at radius 2 is 2.00 bits per heavy atom. The summed E-state index contributed by atoms with van der Waals surface area (Å²) in [5, 5.41) is 9.47. The van der Waals surface area contributed by atoms with Crippen molar-refractivity contribution in [2.24, 2.45) is 10.9 Å². The van der Waals surface area contributed by atoms with Crippen LogP contribution < -0.4 is 20.7 Å². The third kappa shape index (κ3) is 5.47. The van der Waals surface area contributed by atoms with Gasteiger partial charge in [-0.15, -0.1) is 0 Å². The van der Waals surface area contributed by atoms with Crippen LogP contribution in [0.5, 0.6) is 5.75 Å². The van der Waals surface area contributed by atoms with E-state index in [2.05, 4.69) is 27.9 Å². The minimum absolute atomic E-state index is 0.100. The number of nitrogens with zero attached hydrogens (tertiary/aromatic N) is 1. The number of ether oxygens (including phenoxy) is 1. The van der Waals surface area contributed by atoms with Crippen LogP contribution in [0, 0.1) is 5.92 Å². The molecule has 1 aromatic carbocycles. The summed E-state index contributed by atoms with van der Waals surface area (Å²) >= 11 is 0. The Morgan fingerprint density at radius 1 is 1.30 bits per heavy atom. The van der Waals surface area contributed by atoms with Gasteiger partial charge in [-0.05, 0) is 43.5 Å². The van der Waals surface area contributed by atoms with Crippen LogP contribution >= 0.6 is 0 Å². The smallest absolute Gasteiger partial charge is 0.251 e. The first kappa shape index (κ1) is 17.1. The number of guanidine groups is 1. The van der Waals surface area contributed by atoms with Gasteiger partial charge < -0.3 is 20.7 Å². The normalized spacial score (nSPS) is 19.9. The quantitative estimate of drug-likeness (QED) is 0.403. The summed E-state index contributed by atoms with van der Waals surface area (Å²) in [5.74, 6) is 2.17. The molecule has 0 heterocycles. The molecule has 0 spiro atoms. The van der Waals surface area contributed by atoms with Crippen LogP contribution in [0.1, 0.15) is 30.6 Å². The van der Waals surface area contributed by atoms with Crippen LogP contribution in [0.25, 0.3) is 0 Å². The maximum absolute atomic E-state index is 12.0. The van der Waals surface area contributed by atoms with Crippen LogP contribution in [0.15, 0.2) is 29.3 Å². The summed E-state index contributed by atoms with van der Waals surface area (Å²) in [4.78, 5) is 16.5. The van der Waals surface area contributed by atoms with Crippen molar-refractivity contribution in [1.82, 2.24) is 16.0 Å². The van der Waals surface area contributed by atoms with Crippen molar-refractivity contribution in [2.75, 3.05) is 26.7 Å². The lowest BCUT2D eigenvalue weighted by atomic mass is 10.2. The number of methoxy groups -OCH3 is 1. The summed E-state index contributed by atoms with van der Waals surface area (Å²) < 4.78 is 5.08. The summed E-state index contributed by atoms with van der Waals surface area (Å²) in [5.41, 5.74) is 0.617. The molecule has 1 fully saturated rings. The molecule has 1 amide bonds. The van der Waals surface area contributed by atoms with Crippen molar-refractivity contribution < 1.29 is 9.53 Å². The van der Waals surface area contributed by atoms with E-state index in [1.807, 2.05) is 6.92 Å². The molecule has 1 aromatic rings. The molecule has 2 unspecified atom stereocenters. The Balaban J connectivity index is 1.75. The highest BCUT2D eigenvalue weighted by molar-refractivity contribution is 5.94. The Bertz CT molecular complexity index is 542. The highest BCUT2D eigenvalue weighted by Crippen LogP contribution is 2.28. The van der Waals surface area contributed by atoms with E-state index in [1.165, 1.54) is 6.42 Å². The van der Waals surface area contributed by atoms with E-state index >= 15 is 0 Å². The molecule has 23 heavy (non-hydrogen) atoms. The molecule has 2 rings (SSSR count). The lowest BCUT2D eigenvalue weighted by Gasteiger charge is -2.11. The van der Waals surface area contributed by atoms with Gasteiger partial charge in [-0.2, -0.15) is 0 Å². The second-order valence-electron chi connectivity index (χ2n) is 5.71. The van der Waals surface area contributed by atoms with E-state index in [1.54, 1.807) is 31.4 Å². The molecule has 2 atom stereocenters. The fraction of sp³-hybridized carbons (Fsp3) is 0.529. The molecule has 1 aliphatic rings. The zero-order valence-electron chi connectivity index (χ0n) is 14.1. The number of hydrogen-bond donors (Lipinski definition) is 3. The standard InChI is InChI=1S/C17H26N4O2/c1-4-18-17(21-15-11-12(15)2)20-10-9-19-16(22)13-5-7-14(23-3)8-6-13/h5-8,12,15H,4,9-11H2,1-3H3,(H,19,22)(H2,18,20,21). The predicted molar refractivity (Wildman–Crippen MR) is 92.0 cm³/mol. The molecule has 0 bridgehead atoms. The number of amides is 1. The third-order valence-electron chi connectivity index (χ3n) is 3.80. The number of hydrogen-bond acceptors (Lipinski definition) is 3. The topological polar surface area (TPSA) is 74.8 Å². The zero-order chi connectivity index (χ0) is 16.7. The lowest BCUT2D eigenvalue weighted by Crippen LogP contribution is -2.39. The first-order chi connectivity index (χ1) is 11.1. The van der Waals surface area contributed by atoms with Crippen molar-refractivity contribution in [3.8, 4) is 5.75 Å². The van der Waals surface area contributed by atoms with E-state index < -0.39 is 0 Å². The summed E-state index contributed by atoms with van der Waals surface area (Å²) in [7, 11) is 1.60. The molecular formula is C17H26N4O2. The van der Waals surface area contributed by atoms with Gasteiger partial charge in [0.05, 0.1) is 13.7 Å². The maximum atomic E-state index is 12.0. The van der Waals surface area contributed by atoms with Gasteiger partial charge in [-0.3, -0.25) is 9.79 Å². The Kier molecular flexibility index (Phi) is 6.26. The molecule has 126 valence electrons. The average molecular weight is 318 g/mol. The fourth-order valence-corrected chi connectivity index (χ4v) is 2.20. The van der Waals surface area contributed by atoms with Gasteiger partial charge in [0.15, 0.2) is 5.96 Å². The molecule has 0 radical (unpaired) electrons. The van der Waals surface area contributed by atoms with Gasteiger partial charge in [0, 0.05) is 24.7 Å². The molecular weight excluding hydrogens is 292 g/mol. The number of carbonyl (C=O) groups excluding carboxylic acids is 1. The van der Waals surface area contributed by atoms with Gasteiger partial charge in [0.25, 0.3) is 5.91 Å². The van der Waals surface area contributed by atoms with Crippen LogP contribution in [0.4, 0.5) is 0 Å². The second-order valence-corrected chi connectivity index (χ2v) is 5.71. The van der Waals surface area contributed by atoms with Crippen LogP contribution in [-0.4, -0.2) is 44.7 Å². The number of carbonyl (C=O) groups is 1. The maximum Gasteiger partial charge on any atom is 0.251 e. The molecule has 6 heteroatoms. The van der Waals surface area contributed by atoms with E-state index in [9.17, 15) is 4.79 Å². The van der Waals surface area contributed by atoms with Crippen LogP contribution in [-0.2, 0) is 0 Å². The third-order valence-corrected chi connectivity index (χ3v) is 3.80. The van der Waals surface area contributed by atoms with Crippen molar-refractivity contribution in [3.63, 3.8) is 0 Å². The Hall–Kier alpha value is -2.24. The van der Waals surface area contributed by atoms with Gasteiger partial charge in [0.2, 0.25) is 0 Å². The van der Waals surface area contributed by atoms with E-state index in [4.69, 9.17) is 4.74 Å². The first-order valence-electron chi connectivity index (χ1n) is 8.11. The first-order valence-corrected chi connectivity index (χ1v) is 8.11. The molecule has 0 aromatic heterocycles. The highest BCUT2D eigenvalue weighted by atomic mass is 16.5. The minimum atomic E-state index is -0.100. The molecule has 6 nitrogen and oxygen atoms in total. The summed E-state index contributed by atoms with van der Waals surface area (Å²) in [6, 6.07) is 7.57. The molecule has 3 N–H and O–H groups in total. The second kappa shape index (κ2) is 8.41. The predicted octanol–water partition coefficient (Wildman–Crippen LogP) is 1.39. The largest absolute Gasteiger partial charge is 0.497 e. The Morgan fingerprint density at radius 3 is 2.57 bits per heavy atom. The van der Waals surface area contributed by atoms with Crippen LogP contribution in [0.3, 0.4) is 0 Å². The molecule has 0 saturated heterocycles.